The van der Waals surface area contributed by atoms with Gasteiger partial charge in [0.05, 0.1) is 4.43 Å². The molecule has 0 atom stereocenters. The predicted octanol–water partition coefficient (Wildman–Crippen LogP) is -0.398. The van der Waals surface area contributed by atoms with E-state index in [4.69, 9.17) is 0 Å². The van der Waals surface area contributed by atoms with Crippen LogP contribution in [0.15, 0.2) is 0 Å². The second-order valence-electron chi connectivity index (χ2n) is 2.29. The van der Waals surface area contributed by atoms with Crippen LogP contribution in [0.5, 0.6) is 0 Å². The maximum atomic E-state index is 10.9. The molecule has 0 aromatic carbocycles. The first-order valence-electron chi connectivity index (χ1n) is 3.36. The molecule has 0 unspecified atom stereocenters. The average molecular weight is 282 g/mol. The Labute approximate surface area is 82.6 Å². The normalized spacial score (nSPS) is 16.9. The Bertz CT molecular complexity index is 225. The van der Waals surface area contributed by atoms with Gasteiger partial charge in [0.1, 0.15) is 0 Å². The first kappa shape index (κ1) is 9.43. The summed E-state index contributed by atoms with van der Waals surface area (Å²) in [5, 5.41) is 0.793. The zero-order valence-electron chi connectivity index (χ0n) is 6.17. The zero-order valence-corrected chi connectivity index (χ0v) is 8.33. The molecule has 1 fully saturated rings. The highest BCUT2D eigenvalue weighted by Crippen LogP contribution is 2.08. The van der Waals surface area contributed by atoms with Gasteiger partial charge in [-0.05, 0) is 0 Å². The lowest BCUT2D eigenvalue weighted by molar-refractivity contribution is -0.147. The van der Waals surface area contributed by atoms with Crippen LogP contribution in [0.2, 0.25) is 0 Å². The number of carbonyl (C=O) groups excluding carboxylic acids is 3. The highest BCUT2D eigenvalue weighted by molar-refractivity contribution is 14.1. The number of hydrogen-bond acceptors (Lipinski definition) is 3. The van der Waals surface area contributed by atoms with Crippen LogP contribution in [0.1, 0.15) is 12.8 Å². The van der Waals surface area contributed by atoms with Crippen molar-refractivity contribution in [1.29, 1.82) is 0 Å². The SMILES string of the molecule is O=C(CI)NN1C(=O)CCC1=O. The summed E-state index contributed by atoms with van der Waals surface area (Å²) in [6.07, 6.45) is 0.390. The Morgan fingerprint density at radius 2 is 1.92 bits per heavy atom. The molecule has 3 amide bonds. The quantitative estimate of drug-likeness (QED) is 0.426. The van der Waals surface area contributed by atoms with E-state index in [2.05, 4.69) is 5.43 Å². The number of rotatable bonds is 2. The topological polar surface area (TPSA) is 66.5 Å². The van der Waals surface area contributed by atoms with Gasteiger partial charge in [-0.15, -0.1) is 0 Å². The molecule has 1 N–H and O–H groups in total. The Morgan fingerprint density at radius 1 is 1.42 bits per heavy atom. The van der Waals surface area contributed by atoms with Gasteiger partial charge in [0.2, 0.25) is 17.7 Å². The third-order valence-electron chi connectivity index (χ3n) is 1.41. The maximum Gasteiger partial charge on any atom is 0.248 e. The molecule has 0 radical (unpaired) electrons. The third kappa shape index (κ3) is 1.93. The number of hydrogen-bond donors (Lipinski definition) is 1. The summed E-state index contributed by atoms with van der Waals surface area (Å²) in [6, 6.07) is 0. The summed E-state index contributed by atoms with van der Waals surface area (Å²) in [4.78, 5) is 32.6. The fourth-order valence-corrected chi connectivity index (χ4v) is 1.03. The minimum absolute atomic E-state index is 0.195. The van der Waals surface area contributed by atoms with Crippen molar-refractivity contribution in [3.63, 3.8) is 0 Å². The minimum atomic E-state index is -0.335. The maximum absolute atomic E-state index is 10.9. The molecule has 0 bridgehead atoms. The second kappa shape index (κ2) is 3.83. The van der Waals surface area contributed by atoms with Crippen molar-refractivity contribution in [3.8, 4) is 0 Å². The Hall–Kier alpha value is -0.660. The molecule has 1 aliphatic rings. The van der Waals surface area contributed by atoms with Crippen LogP contribution in [0.25, 0.3) is 0 Å². The molecule has 5 nitrogen and oxygen atoms in total. The van der Waals surface area contributed by atoms with Crippen molar-refractivity contribution >= 4 is 40.3 Å². The number of hydrazine groups is 1. The molecule has 0 aromatic rings. The van der Waals surface area contributed by atoms with E-state index >= 15 is 0 Å². The number of alkyl halides is 1. The van der Waals surface area contributed by atoms with Gasteiger partial charge < -0.3 is 0 Å². The summed E-state index contributed by atoms with van der Waals surface area (Å²) in [5.74, 6) is -1.00. The van der Waals surface area contributed by atoms with Crippen molar-refractivity contribution in [2.24, 2.45) is 0 Å². The van der Waals surface area contributed by atoms with E-state index in [0.717, 1.165) is 5.01 Å². The lowest BCUT2D eigenvalue weighted by Gasteiger charge is -2.13. The summed E-state index contributed by atoms with van der Waals surface area (Å²) in [7, 11) is 0. The number of nitrogens with zero attached hydrogens (tertiary/aromatic N) is 1. The van der Waals surface area contributed by atoms with Crippen LogP contribution in [-0.4, -0.2) is 27.2 Å². The second-order valence-corrected chi connectivity index (χ2v) is 3.05. The fraction of sp³-hybridized carbons (Fsp3) is 0.500. The van der Waals surface area contributed by atoms with Crippen molar-refractivity contribution in [2.45, 2.75) is 12.8 Å². The van der Waals surface area contributed by atoms with Crippen LogP contribution in [0, 0.1) is 0 Å². The largest absolute Gasteiger partial charge is 0.273 e. The Kier molecular flexibility index (Phi) is 3.01. The van der Waals surface area contributed by atoms with Crippen molar-refractivity contribution in [3.05, 3.63) is 0 Å². The number of halogens is 1. The highest BCUT2D eigenvalue weighted by Gasteiger charge is 2.29. The summed E-state index contributed by atoms with van der Waals surface area (Å²) >= 11 is 1.85. The zero-order chi connectivity index (χ0) is 9.14. The third-order valence-corrected chi connectivity index (χ3v) is 2.10. The van der Waals surface area contributed by atoms with Gasteiger partial charge in [0.25, 0.3) is 0 Å². The molecule has 1 rings (SSSR count). The van der Waals surface area contributed by atoms with E-state index in [9.17, 15) is 14.4 Å². The number of carbonyl (C=O) groups is 3. The van der Waals surface area contributed by atoms with Gasteiger partial charge in [0.15, 0.2) is 0 Å². The summed E-state index contributed by atoms with van der Waals surface area (Å²) < 4.78 is 0.231. The minimum Gasteiger partial charge on any atom is -0.273 e. The first-order valence-corrected chi connectivity index (χ1v) is 4.89. The molecular formula is C6H7IN2O3. The van der Waals surface area contributed by atoms with E-state index in [-0.39, 0.29) is 35.0 Å². The highest BCUT2D eigenvalue weighted by atomic mass is 127. The molecule has 1 aliphatic heterocycles. The van der Waals surface area contributed by atoms with Gasteiger partial charge in [-0.1, -0.05) is 22.6 Å². The van der Waals surface area contributed by atoms with Gasteiger partial charge in [-0.25, -0.2) is 0 Å². The van der Waals surface area contributed by atoms with Crippen LogP contribution in [0.4, 0.5) is 0 Å². The van der Waals surface area contributed by atoms with Crippen molar-refractivity contribution < 1.29 is 14.4 Å². The fourth-order valence-electron chi connectivity index (χ4n) is 0.856. The van der Waals surface area contributed by atoms with E-state index in [1.807, 2.05) is 22.6 Å². The van der Waals surface area contributed by atoms with Gasteiger partial charge in [-0.3, -0.25) is 19.8 Å². The van der Waals surface area contributed by atoms with E-state index in [0.29, 0.717) is 0 Å². The lowest BCUT2D eigenvalue weighted by Crippen LogP contribution is -2.45. The Balaban J connectivity index is 2.56. The smallest absolute Gasteiger partial charge is 0.248 e. The first-order chi connectivity index (χ1) is 5.65. The van der Waals surface area contributed by atoms with Crippen LogP contribution >= 0.6 is 22.6 Å². The van der Waals surface area contributed by atoms with Crippen molar-refractivity contribution in [2.75, 3.05) is 4.43 Å². The molecule has 66 valence electrons. The molecule has 0 aromatic heterocycles. The lowest BCUT2D eigenvalue weighted by atomic mass is 10.4. The number of imide groups is 1. The molecular weight excluding hydrogens is 275 g/mol. The summed E-state index contributed by atoms with van der Waals surface area (Å²) in [6.45, 7) is 0. The molecule has 12 heavy (non-hydrogen) atoms. The summed E-state index contributed by atoms with van der Waals surface area (Å²) in [5.41, 5.74) is 2.22. The molecule has 1 heterocycles. The van der Waals surface area contributed by atoms with Crippen LogP contribution in [-0.2, 0) is 14.4 Å². The average Bonchev–Trinajstić information content (AvgIpc) is 2.35. The van der Waals surface area contributed by atoms with Crippen molar-refractivity contribution in [1.82, 2.24) is 10.4 Å². The van der Waals surface area contributed by atoms with Gasteiger partial charge in [0, 0.05) is 12.8 Å². The molecule has 0 aliphatic carbocycles. The monoisotopic (exact) mass is 282 g/mol. The number of amides is 3. The van der Waals surface area contributed by atoms with E-state index in [1.165, 1.54) is 0 Å². The number of nitrogens with one attached hydrogen (secondary N) is 1. The Morgan fingerprint density at radius 3 is 2.33 bits per heavy atom. The van der Waals surface area contributed by atoms with Gasteiger partial charge in [-0.2, -0.15) is 5.01 Å². The van der Waals surface area contributed by atoms with Crippen LogP contribution in [0.3, 0.4) is 0 Å². The molecule has 6 heteroatoms. The van der Waals surface area contributed by atoms with Crippen LogP contribution < -0.4 is 5.43 Å². The van der Waals surface area contributed by atoms with Gasteiger partial charge >= 0.3 is 0 Å². The van der Waals surface area contributed by atoms with E-state index < -0.39 is 0 Å². The molecule has 0 saturated carbocycles. The molecule has 0 spiro atoms. The standard InChI is InChI=1S/C6H7IN2O3/c7-3-4(10)8-9-5(11)1-2-6(9)12/h1-3H2,(H,8,10). The van der Waals surface area contributed by atoms with E-state index in [1.54, 1.807) is 0 Å². The molecule has 1 saturated heterocycles. The predicted molar refractivity (Wildman–Crippen MR) is 48.1 cm³/mol.